The lowest BCUT2D eigenvalue weighted by Crippen LogP contribution is -2.13. The number of nitrogens with zero attached hydrogens (tertiary/aromatic N) is 6. The molecule has 1 unspecified atom stereocenters. The molecule has 5 aromatic rings. The molecule has 8 nitrogen and oxygen atoms in total. The highest BCUT2D eigenvalue weighted by molar-refractivity contribution is 6.36. The minimum atomic E-state index is -2.93. The van der Waals surface area contributed by atoms with Crippen molar-refractivity contribution in [3.8, 4) is 6.07 Å². The van der Waals surface area contributed by atoms with Gasteiger partial charge in [0.15, 0.2) is 5.82 Å². The summed E-state index contributed by atoms with van der Waals surface area (Å²) < 4.78 is 67.5. The zero-order valence-corrected chi connectivity index (χ0v) is 20.1. The highest BCUT2D eigenvalue weighted by Crippen LogP contribution is 2.36. The molecule has 0 aliphatic heterocycles. The molecule has 5 rings (SSSR count). The summed E-state index contributed by atoms with van der Waals surface area (Å²) in [5.41, 5.74) is 1.51. The van der Waals surface area contributed by atoms with Crippen LogP contribution in [0.15, 0.2) is 61.1 Å². The molecule has 1 atom stereocenters. The molecule has 0 amide bonds. The molecule has 14 heteroatoms. The molecule has 0 bridgehead atoms. The number of hydrogen-bond donors (Lipinski definition) is 2. The summed E-state index contributed by atoms with van der Waals surface area (Å²) in [4.78, 5) is 7.57. The summed E-state index contributed by atoms with van der Waals surface area (Å²) >= 11 is 6.50. The maximum Gasteiger partial charge on any atom is 0.334 e. The molecule has 2 N–H and O–H groups in total. The van der Waals surface area contributed by atoms with Gasteiger partial charge in [-0.05, 0) is 29.8 Å². The van der Waals surface area contributed by atoms with Crippen molar-refractivity contribution in [3.63, 3.8) is 0 Å². The van der Waals surface area contributed by atoms with E-state index in [1.807, 2.05) is 6.07 Å². The molecule has 0 spiro atoms. The van der Waals surface area contributed by atoms with Crippen LogP contribution in [-0.2, 0) is 0 Å². The van der Waals surface area contributed by atoms with Crippen molar-refractivity contribution in [2.45, 2.75) is 12.6 Å². The molecule has 0 aliphatic rings. The molecular formula is C25H14ClF5N8. The number of alkyl halides is 2. The summed E-state index contributed by atoms with van der Waals surface area (Å²) in [6, 6.07) is 10.4. The van der Waals surface area contributed by atoms with Gasteiger partial charge in [0.05, 0.1) is 45.9 Å². The fraction of sp³-hybridized carbons (Fsp3) is 0.0800. The summed E-state index contributed by atoms with van der Waals surface area (Å²) in [7, 11) is 0. The second kappa shape index (κ2) is 10.5. The van der Waals surface area contributed by atoms with Gasteiger partial charge in [-0.2, -0.15) is 23.1 Å². The molecule has 0 radical (unpaired) electrons. The van der Waals surface area contributed by atoms with Crippen molar-refractivity contribution in [3.05, 3.63) is 100 Å². The number of pyridine rings is 2. The predicted octanol–water partition coefficient (Wildman–Crippen LogP) is 6.50. The van der Waals surface area contributed by atoms with E-state index in [2.05, 4.69) is 30.9 Å². The number of anilines is 3. The molecule has 0 fully saturated rings. The minimum Gasteiger partial charge on any atom is -0.373 e. The number of fused-ring (bicyclic) bond motifs is 1. The van der Waals surface area contributed by atoms with E-state index < -0.39 is 30.2 Å². The average molecular weight is 557 g/mol. The molecule has 39 heavy (non-hydrogen) atoms. The van der Waals surface area contributed by atoms with Gasteiger partial charge in [-0.25, -0.2) is 13.8 Å². The van der Waals surface area contributed by atoms with Crippen LogP contribution in [0.2, 0.25) is 5.02 Å². The Hall–Kier alpha value is -4.83. The van der Waals surface area contributed by atoms with Crippen LogP contribution in [0.5, 0.6) is 0 Å². The highest BCUT2D eigenvalue weighted by atomic mass is 35.5. The van der Waals surface area contributed by atoms with E-state index in [0.29, 0.717) is 21.3 Å². The van der Waals surface area contributed by atoms with Crippen LogP contribution in [-0.4, -0.2) is 25.0 Å². The van der Waals surface area contributed by atoms with Crippen LogP contribution >= 0.6 is 11.6 Å². The van der Waals surface area contributed by atoms with Crippen LogP contribution in [0.4, 0.5) is 39.0 Å². The summed E-state index contributed by atoms with van der Waals surface area (Å²) in [5.74, 6) is -2.98. The maximum absolute atomic E-state index is 13.8. The standard InChI is InChI=1S/C25H14ClF5N8/c26-18-6-15(35-22(12-1-3-14(27)4-2-12)20-11-39(25(30)31)38-37-20)5-17-21(13(8-32)9-33-23(17)18)36-16-7-19(28)24(29)34-10-16/h1-7,9-11,22,25,35H,(H,33,36). The van der Waals surface area contributed by atoms with E-state index in [0.717, 1.165) is 18.5 Å². The average Bonchev–Trinajstić information content (AvgIpc) is 3.41. The number of halogens is 6. The third-order valence-corrected chi connectivity index (χ3v) is 5.94. The van der Waals surface area contributed by atoms with Crippen molar-refractivity contribution >= 4 is 39.6 Å². The van der Waals surface area contributed by atoms with Gasteiger partial charge in [0.2, 0.25) is 5.95 Å². The Morgan fingerprint density at radius 1 is 0.974 bits per heavy atom. The Kier molecular flexibility index (Phi) is 6.95. The number of nitriles is 1. The molecule has 3 heterocycles. The number of nitrogens with one attached hydrogen (secondary N) is 2. The van der Waals surface area contributed by atoms with Gasteiger partial charge < -0.3 is 10.6 Å². The Morgan fingerprint density at radius 2 is 1.74 bits per heavy atom. The summed E-state index contributed by atoms with van der Waals surface area (Å²) in [5, 5.41) is 23.4. The molecule has 3 aromatic heterocycles. The zero-order chi connectivity index (χ0) is 27.7. The number of rotatable bonds is 7. The van der Waals surface area contributed by atoms with Crippen LogP contribution < -0.4 is 10.6 Å². The van der Waals surface area contributed by atoms with Crippen molar-refractivity contribution < 1.29 is 22.0 Å². The van der Waals surface area contributed by atoms with E-state index >= 15 is 0 Å². The Balaban J connectivity index is 1.61. The molecular weight excluding hydrogens is 543 g/mol. The number of hydrogen-bond acceptors (Lipinski definition) is 7. The third kappa shape index (κ3) is 5.27. The normalized spacial score (nSPS) is 11.9. The first kappa shape index (κ1) is 25.8. The monoisotopic (exact) mass is 556 g/mol. The predicted molar refractivity (Wildman–Crippen MR) is 132 cm³/mol. The van der Waals surface area contributed by atoms with Gasteiger partial charge in [0.1, 0.15) is 17.6 Å². The van der Waals surface area contributed by atoms with Crippen molar-refractivity contribution in [2.24, 2.45) is 0 Å². The first-order chi connectivity index (χ1) is 18.7. The molecule has 2 aromatic carbocycles. The molecule has 0 saturated carbocycles. The lowest BCUT2D eigenvalue weighted by atomic mass is 10.0. The van der Waals surface area contributed by atoms with Gasteiger partial charge >= 0.3 is 6.55 Å². The Morgan fingerprint density at radius 3 is 2.41 bits per heavy atom. The SMILES string of the molecule is N#Cc1cnc2c(Cl)cc(NC(c3ccc(F)cc3)c3cn(C(F)F)nn3)cc2c1Nc1cnc(F)c(F)c1. The first-order valence-corrected chi connectivity index (χ1v) is 11.4. The van der Waals surface area contributed by atoms with Crippen LogP contribution in [0.3, 0.4) is 0 Å². The van der Waals surface area contributed by atoms with Crippen molar-refractivity contribution in [1.82, 2.24) is 25.0 Å². The van der Waals surface area contributed by atoms with Gasteiger partial charge in [0, 0.05) is 23.3 Å². The number of aromatic nitrogens is 5. The lowest BCUT2D eigenvalue weighted by Gasteiger charge is -2.20. The minimum absolute atomic E-state index is 0.0557. The second-order valence-electron chi connectivity index (χ2n) is 8.16. The summed E-state index contributed by atoms with van der Waals surface area (Å²) in [6.45, 7) is -2.93. The lowest BCUT2D eigenvalue weighted by molar-refractivity contribution is 0.0545. The largest absolute Gasteiger partial charge is 0.373 e. The topological polar surface area (TPSA) is 104 Å². The smallest absolute Gasteiger partial charge is 0.334 e. The molecule has 0 saturated heterocycles. The van der Waals surface area contributed by atoms with Crippen LogP contribution in [0.1, 0.15) is 29.4 Å². The van der Waals surface area contributed by atoms with Crippen molar-refractivity contribution in [2.75, 3.05) is 10.6 Å². The quantitative estimate of drug-likeness (QED) is 0.174. The van der Waals surface area contributed by atoms with Gasteiger partial charge in [0.25, 0.3) is 0 Å². The van der Waals surface area contributed by atoms with Gasteiger partial charge in [-0.15, -0.1) is 5.10 Å². The van der Waals surface area contributed by atoms with Gasteiger partial charge in [-0.1, -0.05) is 28.9 Å². The maximum atomic E-state index is 13.8. The fourth-order valence-corrected chi connectivity index (χ4v) is 4.13. The zero-order valence-electron chi connectivity index (χ0n) is 19.4. The van der Waals surface area contributed by atoms with E-state index in [9.17, 15) is 27.2 Å². The number of benzene rings is 2. The van der Waals surface area contributed by atoms with E-state index in [1.165, 1.54) is 36.5 Å². The fourth-order valence-electron chi connectivity index (χ4n) is 3.86. The van der Waals surface area contributed by atoms with E-state index in [4.69, 9.17) is 11.6 Å². The Labute approximate surface area is 221 Å². The second-order valence-corrected chi connectivity index (χ2v) is 8.57. The highest BCUT2D eigenvalue weighted by Gasteiger charge is 2.22. The van der Waals surface area contributed by atoms with Gasteiger partial charge in [-0.3, -0.25) is 4.98 Å². The van der Waals surface area contributed by atoms with E-state index in [1.54, 1.807) is 6.07 Å². The molecule has 0 aliphatic carbocycles. The summed E-state index contributed by atoms with van der Waals surface area (Å²) in [6.07, 6.45) is 3.36. The molecule has 196 valence electrons. The van der Waals surface area contributed by atoms with Crippen LogP contribution in [0, 0.1) is 28.9 Å². The third-order valence-electron chi connectivity index (χ3n) is 5.65. The Bertz CT molecular complexity index is 1720. The van der Waals surface area contributed by atoms with E-state index in [-0.39, 0.29) is 33.2 Å². The van der Waals surface area contributed by atoms with Crippen LogP contribution in [0.25, 0.3) is 10.9 Å². The first-order valence-electron chi connectivity index (χ1n) is 11.1. The van der Waals surface area contributed by atoms with Crippen molar-refractivity contribution in [1.29, 1.82) is 5.26 Å².